The van der Waals surface area contributed by atoms with Crippen molar-refractivity contribution in [2.24, 2.45) is 0 Å². The Hall–Kier alpha value is -1.74. The Labute approximate surface area is 166 Å². The molecule has 5 rings (SSSR count). The molecule has 2 aromatic carbocycles. The van der Waals surface area contributed by atoms with Crippen molar-refractivity contribution in [3.8, 4) is 0 Å². The first kappa shape index (κ1) is 16.4. The van der Waals surface area contributed by atoms with Gasteiger partial charge in [0.15, 0.2) is 14.6 Å². The summed E-state index contributed by atoms with van der Waals surface area (Å²) in [6, 6.07) is 8.40. The van der Waals surface area contributed by atoms with Crippen molar-refractivity contribution < 1.29 is 0 Å². The Bertz CT molecular complexity index is 1280. The zero-order chi connectivity index (χ0) is 17.8. The van der Waals surface area contributed by atoms with Crippen LogP contribution in [0.5, 0.6) is 0 Å². The standard InChI is InChI=1S/C18H14N4S4/c1-8-4-7-12-13(9(8)2)21-17(24-12)22-16-19-10-5-6-11-15(14(10)25-16)26-18(20-11)23-3/h4-7H,1-3H3,(H,19,21,22). The second-order valence-corrected chi connectivity index (χ2v) is 10.0. The van der Waals surface area contributed by atoms with Crippen molar-refractivity contribution in [1.82, 2.24) is 15.0 Å². The molecule has 26 heavy (non-hydrogen) atoms. The summed E-state index contributed by atoms with van der Waals surface area (Å²) in [5.74, 6) is 0. The lowest BCUT2D eigenvalue weighted by atomic mass is 10.1. The van der Waals surface area contributed by atoms with Gasteiger partial charge in [0.05, 0.1) is 30.6 Å². The maximum Gasteiger partial charge on any atom is 0.190 e. The van der Waals surface area contributed by atoms with Gasteiger partial charge in [-0.05, 0) is 49.4 Å². The summed E-state index contributed by atoms with van der Waals surface area (Å²) in [7, 11) is 0. The zero-order valence-electron chi connectivity index (χ0n) is 14.3. The van der Waals surface area contributed by atoms with Crippen molar-refractivity contribution in [1.29, 1.82) is 0 Å². The molecule has 3 aromatic heterocycles. The Kier molecular flexibility index (Phi) is 3.89. The van der Waals surface area contributed by atoms with Crippen molar-refractivity contribution in [2.75, 3.05) is 11.6 Å². The second kappa shape index (κ2) is 6.16. The summed E-state index contributed by atoms with van der Waals surface area (Å²) in [5.41, 5.74) is 5.65. The molecule has 0 aliphatic heterocycles. The quantitative estimate of drug-likeness (QED) is 0.337. The van der Waals surface area contributed by atoms with Crippen LogP contribution in [-0.2, 0) is 0 Å². The number of fused-ring (bicyclic) bond motifs is 4. The molecule has 0 unspecified atom stereocenters. The normalized spacial score (nSPS) is 11.8. The Morgan fingerprint density at radius 2 is 1.58 bits per heavy atom. The second-order valence-electron chi connectivity index (χ2n) is 5.96. The predicted octanol–water partition coefficient (Wildman–Crippen LogP) is 6.60. The van der Waals surface area contributed by atoms with Crippen LogP contribution in [0.1, 0.15) is 11.1 Å². The van der Waals surface area contributed by atoms with Gasteiger partial charge in [0.1, 0.15) is 0 Å². The van der Waals surface area contributed by atoms with Gasteiger partial charge in [-0.25, -0.2) is 15.0 Å². The maximum atomic E-state index is 4.78. The first-order valence-electron chi connectivity index (χ1n) is 8.00. The van der Waals surface area contributed by atoms with E-state index in [0.29, 0.717) is 0 Å². The lowest BCUT2D eigenvalue weighted by Crippen LogP contribution is -1.88. The smallest absolute Gasteiger partial charge is 0.190 e. The van der Waals surface area contributed by atoms with Crippen LogP contribution in [0.4, 0.5) is 10.3 Å². The first-order chi connectivity index (χ1) is 12.6. The average molecular weight is 415 g/mol. The van der Waals surface area contributed by atoms with Crippen LogP contribution < -0.4 is 5.32 Å². The van der Waals surface area contributed by atoms with Crippen LogP contribution in [0.2, 0.25) is 0 Å². The third-order valence-corrected chi connectivity index (χ3v) is 8.51. The van der Waals surface area contributed by atoms with E-state index in [9.17, 15) is 0 Å². The van der Waals surface area contributed by atoms with E-state index in [1.54, 1.807) is 45.8 Å². The molecule has 0 radical (unpaired) electrons. The summed E-state index contributed by atoms with van der Waals surface area (Å²) in [6.07, 6.45) is 2.06. The number of nitrogens with zero attached hydrogens (tertiary/aromatic N) is 3. The molecule has 1 N–H and O–H groups in total. The number of thiazole rings is 3. The number of benzene rings is 2. The SMILES string of the molecule is CSc1nc2ccc3nc(Nc4nc5c(C)c(C)ccc5s4)sc3c2s1. The molecule has 0 amide bonds. The minimum Gasteiger partial charge on any atom is -0.307 e. The summed E-state index contributed by atoms with van der Waals surface area (Å²) >= 11 is 6.76. The van der Waals surface area contributed by atoms with Crippen LogP contribution >= 0.6 is 45.8 Å². The van der Waals surface area contributed by atoms with Gasteiger partial charge in [-0.3, -0.25) is 0 Å². The molecule has 0 aliphatic rings. The molecule has 5 aromatic rings. The molecule has 8 heteroatoms. The zero-order valence-corrected chi connectivity index (χ0v) is 17.6. The molecule has 0 atom stereocenters. The third kappa shape index (κ3) is 2.60. The maximum absolute atomic E-state index is 4.78. The molecule has 0 fully saturated rings. The van der Waals surface area contributed by atoms with E-state index >= 15 is 0 Å². The van der Waals surface area contributed by atoms with Gasteiger partial charge >= 0.3 is 0 Å². The largest absolute Gasteiger partial charge is 0.307 e. The van der Waals surface area contributed by atoms with E-state index in [2.05, 4.69) is 54.7 Å². The molecule has 0 bridgehead atoms. The van der Waals surface area contributed by atoms with Gasteiger partial charge in [0, 0.05) is 0 Å². The highest BCUT2D eigenvalue weighted by molar-refractivity contribution is 8.00. The Morgan fingerprint density at radius 1 is 0.846 bits per heavy atom. The predicted molar refractivity (Wildman–Crippen MR) is 117 cm³/mol. The van der Waals surface area contributed by atoms with Gasteiger partial charge in [0.25, 0.3) is 0 Å². The highest BCUT2D eigenvalue weighted by atomic mass is 32.2. The minimum atomic E-state index is 0.875. The van der Waals surface area contributed by atoms with Gasteiger partial charge in [0.2, 0.25) is 0 Å². The topological polar surface area (TPSA) is 50.7 Å². The number of anilines is 2. The summed E-state index contributed by atoms with van der Waals surface area (Å²) in [6.45, 7) is 4.25. The highest BCUT2D eigenvalue weighted by Gasteiger charge is 2.14. The van der Waals surface area contributed by atoms with Crippen molar-refractivity contribution in [3.63, 3.8) is 0 Å². The number of thioether (sulfide) groups is 1. The highest BCUT2D eigenvalue weighted by Crippen LogP contribution is 2.39. The van der Waals surface area contributed by atoms with E-state index in [-0.39, 0.29) is 0 Å². The lowest BCUT2D eigenvalue weighted by Gasteiger charge is -1.98. The van der Waals surface area contributed by atoms with Gasteiger partial charge in [-0.2, -0.15) is 0 Å². The average Bonchev–Trinajstić information content (AvgIpc) is 3.33. The van der Waals surface area contributed by atoms with Gasteiger partial charge < -0.3 is 5.32 Å². The van der Waals surface area contributed by atoms with E-state index in [0.717, 1.165) is 31.2 Å². The lowest BCUT2D eigenvalue weighted by molar-refractivity contribution is 1.31. The molecule has 0 saturated heterocycles. The third-order valence-electron chi connectivity index (χ3n) is 4.37. The van der Waals surface area contributed by atoms with E-state index in [1.807, 2.05) is 0 Å². The van der Waals surface area contributed by atoms with Crippen molar-refractivity contribution >= 4 is 86.7 Å². The van der Waals surface area contributed by atoms with E-state index < -0.39 is 0 Å². The van der Waals surface area contributed by atoms with Gasteiger partial charge in [-0.1, -0.05) is 40.5 Å². The molecule has 3 heterocycles. The number of rotatable bonds is 3. The fraction of sp³-hybridized carbons (Fsp3) is 0.167. The van der Waals surface area contributed by atoms with Gasteiger partial charge in [-0.15, -0.1) is 11.3 Å². The van der Waals surface area contributed by atoms with Crippen LogP contribution in [0.25, 0.3) is 30.6 Å². The van der Waals surface area contributed by atoms with Crippen LogP contribution in [0.15, 0.2) is 28.6 Å². The minimum absolute atomic E-state index is 0.875. The van der Waals surface area contributed by atoms with Crippen LogP contribution in [0, 0.1) is 13.8 Å². The fourth-order valence-corrected chi connectivity index (χ4v) is 6.51. The molecular weight excluding hydrogens is 400 g/mol. The fourth-order valence-electron chi connectivity index (χ4n) is 2.86. The summed E-state index contributed by atoms with van der Waals surface area (Å²) in [4.78, 5) is 14.2. The molecular formula is C18H14N4S4. The molecule has 130 valence electrons. The van der Waals surface area contributed by atoms with Crippen molar-refractivity contribution in [3.05, 3.63) is 35.4 Å². The Morgan fingerprint density at radius 3 is 2.38 bits per heavy atom. The monoisotopic (exact) mass is 414 g/mol. The molecule has 0 spiro atoms. The van der Waals surface area contributed by atoms with E-state index in [1.165, 1.54) is 25.2 Å². The number of hydrogen-bond donors (Lipinski definition) is 1. The summed E-state index contributed by atoms with van der Waals surface area (Å²) in [5, 5.41) is 5.17. The number of hydrogen-bond acceptors (Lipinski definition) is 8. The van der Waals surface area contributed by atoms with E-state index in [4.69, 9.17) is 9.97 Å². The summed E-state index contributed by atoms with van der Waals surface area (Å²) < 4.78 is 4.70. The van der Waals surface area contributed by atoms with Crippen LogP contribution in [-0.4, -0.2) is 21.2 Å². The van der Waals surface area contributed by atoms with Crippen LogP contribution in [0.3, 0.4) is 0 Å². The molecule has 4 nitrogen and oxygen atoms in total. The molecule has 0 aliphatic carbocycles. The molecule has 0 saturated carbocycles. The number of aryl methyl sites for hydroxylation is 2. The number of aromatic nitrogens is 3. The van der Waals surface area contributed by atoms with Crippen molar-refractivity contribution in [2.45, 2.75) is 18.2 Å². The first-order valence-corrected chi connectivity index (χ1v) is 11.7. The Balaban J connectivity index is 1.58. The number of nitrogens with one attached hydrogen (secondary N) is 1.